The molecule has 0 saturated heterocycles. The summed E-state index contributed by atoms with van der Waals surface area (Å²) < 4.78 is 0. The van der Waals surface area contributed by atoms with Gasteiger partial charge in [0.15, 0.2) is 0 Å². The lowest BCUT2D eigenvalue weighted by atomic mass is 10.2. The Hall–Kier alpha value is -0.0900. The van der Waals surface area contributed by atoms with Crippen LogP contribution in [0.15, 0.2) is 11.4 Å². The molecule has 4 heteroatoms. The van der Waals surface area contributed by atoms with Crippen LogP contribution in [0.5, 0.6) is 0 Å². The fraction of sp³-hybridized carbons (Fsp3) is 0.636. The minimum absolute atomic E-state index is 0.719. The Morgan fingerprint density at radius 2 is 2.07 bits per heavy atom. The third-order valence-electron chi connectivity index (χ3n) is 2.01. The molecule has 0 aromatic carbocycles. The van der Waals surface area contributed by atoms with Gasteiger partial charge in [0.1, 0.15) is 0 Å². The van der Waals surface area contributed by atoms with E-state index in [1.165, 1.54) is 4.88 Å². The maximum atomic E-state index is 5.98. The topological polar surface area (TPSA) is 24.1 Å². The van der Waals surface area contributed by atoms with Crippen LogP contribution in [0, 0.1) is 5.92 Å². The second kappa shape index (κ2) is 7.23. The van der Waals surface area contributed by atoms with E-state index in [0.29, 0.717) is 0 Å². The van der Waals surface area contributed by atoms with Gasteiger partial charge in [-0.15, -0.1) is 11.3 Å². The minimum atomic E-state index is 0.719. The molecule has 0 spiro atoms. The molecule has 0 amide bonds. The lowest BCUT2D eigenvalue weighted by Crippen LogP contribution is -2.29. The van der Waals surface area contributed by atoms with Gasteiger partial charge in [0.2, 0.25) is 0 Å². The maximum absolute atomic E-state index is 5.98. The maximum Gasteiger partial charge on any atom is 0.0558 e. The number of nitrogens with one attached hydrogen (secondary N) is 2. The number of halogens is 1. The van der Waals surface area contributed by atoms with E-state index in [4.69, 9.17) is 11.6 Å². The first-order valence-electron chi connectivity index (χ1n) is 5.33. The molecule has 0 unspecified atom stereocenters. The zero-order chi connectivity index (χ0) is 11.1. The molecule has 2 nitrogen and oxygen atoms in total. The van der Waals surface area contributed by atoms with E-state index in [1.54, 1.807) is 11.3 Å². The van der Waals surface area contributed by atoms with Gasteiger partial charge in [-0.05, 0) is 23.9 Å². The third-order valence-corrected chi connectivity index (χ3v) is 3.39. The van der Waals surface area contributed by atoms with Crippen molar-refractivity contribution in [3.63, 3.8) is 0 Å². The zero-order valence-electron chi connectivity index (χ0n) is 9.35. The summed E-state index contributed by atoms with van der Waals surface area (Å²) in [7, 11) is 0. The van der Waals surface area contributed by atoms with Crippen molar-refractivity contribution in [1.29, 1.82) is 0 Å². The number of hydrogen-bond donors (Lipinski definition) is 2. The van der Waals surface area contributed by atoms with E-state index < -0.39 is 0 Å². The Kier molecular flexibility index (Phi) is 6.25. The van der Waals surface area contributed by atoms with Crippen LogP contribution >= 0.6 is 22.9 Å². The molecule has 15 heavy (non-hydrogen) atoms. The van der Waals surface area contributed by atoms with Crippen molar-refractivity contribution in [3.8, 4) is 0 Å². The summed E-state index contributed by atoms with van der Waals surface area (Å²) in [4.78, 5) is 1.22. The van der Waals surface area contributed by atoms with Crippen LogP contribution in [0.4, 0.5) is 0 Å². The summed E-state index contributed by atoms with van der Waals surface area (Å²) in [5, 5.41) is 9.65. The molecule has 0 aliphatic rings. The van der Waals surface area contributed by atoms with E-state index in [2.05, 4.69) is 24.5 Å². The average molecular weight is 247 g/mol. The first kappa shape index (κ1) is 13.0. The number of hydrogen-bond acceptors (Lipinski definition) is 3. The molecule has 0 aliphatic heterocycles. The Balaban J connectivity index is 2.00. The predicted octanol–water partition coefficient (Wildman–Crippen LogP) is 2.74. The summed E-state index contributed by atoms with van der Waals surface area (Å²) in [6.45, 7) is 8.39. The average Bonchev–Trinajstić information content (AvgIpc) is 2.57. The molecule has 1 aromatic heterocycles. The first-order valence-corrected chi connectivity index (χ1v) is 6.59. The molecule has 0 aliphatic carbocycles. The summed E-state index contributed by atoms with van der Waals surface area (Å²) in [6.07, 6.45) is 0. The van der Waals surface area contributed by atoms with Gasteiger partial charge in [-0.2, -0.15) is 0 Å². The normalized spacial score (nSPS) is 11.2. The second-order valence-corrected chi connectivity index (χ2v) is 5.37. The van der Waals surface area contributed by atoms with Crippen molar-refractivity contribution in [2.24, 2.45) is 5.92 Å². The molecular formula is C11H19ClN2S. The van der Waals surface area contributed by atoms with E-state index in [1.807, 2.05) is 11.4 Å². The lowest BCUT2D eigenvalue weighted by molar-refractivity contribution is 0.536. The van der Waals surface area contributed by atoms with Gasteiger partial charge in [0.25, 0.3) is 0 Å². The Morgan fingerprint density at radius 1 is 1.33 bits per heavy atom. The van der Waals surface area contributed by atoms with Crippen LogP contribution in [0.25, 0.3) is 0 Å². The van der Waals surface area contributed by atoms with Gasteiger partial charge in [0, 0.05) is 24.5 Å². The smallest absolute Gasteiger partial charge is 0.0558 e. The van der Waals surface area contributed by atoms with Crippen LogP contribution in [0.3, 0.4) is 0 Å². The van der Waals surface area contributed by atoms with Gasteiger partial charge in [0.05, 0.1) is 5.02 Å². The monoisotopic (exact) mass is 246 g/mol. The summed E-state index contributed by atoms with van der Waals surface area (Å²) in [5.41, 5.74) is 0. The van der Waals surface area contributed by atoms with Crippen molar-refractivity contribution < 1.29 is 0 Å². The highest BCUT2D eigenvalue weighted by Gasteiger charge is 1.99. The van der Waals surface area contributed by atoms with Crippen molar-refractivity contribution >= 4 is 22.9 Å². The van der Waals surface area contributed by atoms with Crippen LogP contribution in [0.2, 0.25) is 5.02 Å². The quantitative estimate of drug-likeness (QED) is 0.723. The number of thiophene rings is 1. The molecule has 0 bridgehead atoms. The van der Waals surface area contributed by atoms with Crippen molar-refractivity contribution in [3.05, 3.63) is 21.3 Å². The SMILES string of the molecule is CC(C)CNCCNCc1sccc1Cl. The molecule has 0 saturated carbocycles. The zero-order valence-corrected chi connectivity index (χ0v) is 10.9. The predicted molar refractivity (Wildman–Crippen MR) is 68.7 cm³/mol. The van der Waals surface area contributed by atoms with Crippen molar-refractivity contribution in [1.82, 2.24) is 10.6 Å². The first-order chi connectivity index (χ1) is 7.20. The summed E-state index contributed by atoms with van der Waals surface area (Å²) in [5.74, 6) is 0.719. The van der Waals surface area contributed by atoms with E-state index in [0.717, 1.165) is 37.1 Å². The molecule has 86 valence electrons. The Morgan fingerprint density at radius 3 is 2.67 bits per heavy atom. The molecule has 0 radical (unpaired) electrons. The minimum Gasteiger partial charge on any atom is -0.315 e. The standard InChI is InChI=1S/C11H19ClN2S/c1-9(2)7-13-4-5-14-8-11-10(12)3-6-15-11/h3,6,9,13-14H,4-5,7-8H2,1-2H3. The van der Waals surface area contributed by atoms with E-state index in [9.17, 15) is 0 Å². The third kappa shape index (κ3) is 5.52. The summed E-state index contributed by atoms with van der Waals surface area (Å²) >= 11 is 7.68. The van der Waals surface area contributed by atoms with Gasteiger partial charge in [-0.1, -0.05) is 25.4 Å². The van der Waals surface area contributed by atoms with Crippen LogP contribution in [-0.4, -0.2) is 19.6 Å². The lowest BCUT2D eigenvalue weighted by Gasteiger charge is -2.07. The van der Waals surface area contributed by atoms with Crippen LogP contribution < -0.4 is 10.6 Å². The van der Waals surface area contributed by atoms with Gasteiger partial charge in [-0.3, -0.25) is 0 Å². The molecule has 0 fully saturated rings. The van der Waals surface area contributed by atoms with Gasteiger partial charge >= 0.3 is 0 Å². The highest BCUT2D eigenvalue weighted by atomic mass is 35.5. The largest absolute Gasteiger partial charge is 0.315 e. The molecule has 1 aromatic rings. The number of rotatable bonds is 7. The van der Waals surface area contributed by atoms with Crippen molar-refractivity contribution in [2.75, 3.05) is 19.6 Å². The van der Waals surface area contributed by atoms with Crippen LogP contribution in [-0.2, 0) is 6.54 Å². The Bertz CT molecular complexity index is 273. The van der Waals surface area contributed by atoms with Gasteiger partial charge < -0.3 is 10.6 Å². The van der Waals surface area contributed by atoms with Crippen LogP contribution in [0.1, 0.15) is 18.7 Å². The molecular weight excluding hydrogens is 228 g/mol. The fourth-order valence-corrected chi connectivity index (χ4v) is 2.29. The van der Waals surface area contributed by atoms with Gasteiger partial charge in [-0.25, -0.2) is 0 Å². The Labute approximate surface area is 101 Å². The molecule has 2 N–H and O–H groups in total. The second-order valence-electron chi connectivity index (χ2n) is 3.97. The summed E-state index contributed by atoms with van der Waals surface area (Å²) in [6, 6.07) is 1.94. The van der Waals surface area contributed by atoms with E-state index in [-0.39, 0.29) is 0 Å². The molecule has 0 atom stereocenters. The molecule has 1 rings (SSSR count). The van der Waals surface area contributed by atoms with Crippen molar-refractivity contribution in [2.45, 2.75) is 20.4 Å². The fourth-order valence-electron chi connectivity index (χ4n) is 1.22. The molecule has 1 heterocycles. The highest BCUT2D eigenvalue weighted by molar-refractivity contribution is 7.10. The van der Waals surface area contributed by atoms with E-state index >= 15 is 0 Å². The highest BCUT2D eigenvalue weighted by Crippen LogP contribution is 2.21.